The maximum atomic E-state index is 11.6. The van der Waals surface area contributed by atoms with Gasteiger partial charge >= 0.3 is 0 Å². The minimum atomic E-state index is 0. The number of nitrogens with one attached hydrogen (secondary N) is 2. The Kier molecular flexibility index (Phi) is 12.1. The van der Waals surface area contributed by atoms with Crippen LogP contribution >= 0.6 is 24.0 Å². The Hall–Kier alpha value is -1.43. The molecule has 166 valence electrons. The molecular weight excluding hydrogens is 485 g/mol. The van der Waals surface area contributed by atoms with Gasteiger partial charge in [-0.25, -0.2) is 4.99 Å². The average molecular weight is 521 g/mol. The number of aliphatic imine (C=N–C) groups is 1. The van der Waals surface area contributed by atoms with Crippen LogP contribution in [0.3, 0.4) is 0 Å². The number of guanidine groups is 1. The number of amides is 1. The molecule has 1 aliphatic rings. The zero-order chi connectivity index (χ0) is 20.4. The highest BCUT2D eigenvalue weighted by molar-refractivity contribution is 14.0. The van der Waals surface area contributed by atoms with Gasteiger partial charge in [-0.15, -0.1) is 34.2 Å². The Morgan fingerprint density at radius 1 is 1.31 bits per heavy atom. The second kappa shape index (κ2) is 13.7. The van der Waals surface area contributed by atoms with E-state index in [-0.39, 0.29) is 29.9 Å². The Morgan fingerprint density at radius 2 is 2.03 bits per heavy atom. The third kappa shape index (κ3) is 8.45. The summed E-state index contributed by atoms with van der Waals surface area (Å²) >= 11 is 0. The predicted octanol–water partition coefficient (Wildman–Crippen LogP) is 1.46. The summed E-state index contributed by atoms with van der Waals surface area (Å²) in [5.41, 5.74) is 0. The first-order valence-corrected chi connectivity index (χ1v) is 10.2. The number of rotatable bonds is 9. The summed E-state index contributed by atoms with van der Waals surface area (Å²) in [4.78, 5) is 18.7. The lowest BCUT2D eigenvalue weighted by Gasteiger charge is -2.34. The standard InChI is InChI=1S/C19H35N7O2.HI/c1-5-28-12-6-9-21-19(22-14-17-24-23-15(2)25(17)4)26-10-7-16(8-11-26)13-18(27)20-3;/h16H,5-14H2,1-4H3,(H,20,27)(H,21,22);1H. The van der Waals surface area contributed by atoms with Gasteiger partial charge < -0.3 is 24.8 Å². The van der Waals surface area contributed by atoms with Gasteiger partial charge in [0.25, 0.3) is 0 Å². The fourth-order valence-electron chi connectivity index (χ4n) is 3.23. The monoisotopic (exact) mass is 521 g/mol. The van der Waals surface area contributed by atoms with Crippen molar-refractivity contribution in [3.05, 3.63) is 11.6 Å². The minimum Gasteiger partial charge on any atom is -0.382 e. The van der Waals surface area contributed by atoms with Gasteiger partial charge in [0.15, 0.2) is 11.8 Å². The predicted molar refractivity (Wildman–Crippen MR) is 124 cm³/mol. The maximum Gasteiger partial charge on any atom is 0.220 e. The van der Waals surface area contributed by atoms with E-state index in [1.807, 2.05) is 25.5 Å². The number of piperidine rings is 1. The van der Waals surface area contributed by atoms with E-state index in [0.717, 1.165) is 69.7 Å². The minimum absolute atomic E-state index is 0. The molecular formula is C19H36IN7O2. The Labute approximate surface area is 191 Å². The third-order valence-corrected chi connectivity index (χ3v) is 5.17. The molecule has 10 heteroatoms. The van der Waals surface area contributed by atoms with Crippen LogP contribution in [0.2, 0.25) is 0 Å². The fourth-order valence-corrected chi connectivity index (χ4v) is 3.23. The van der Waals surface area contributed by atoms with E-state index >= 15 is 0 Å². The number of nitrogens with zero attached hydrogens (tertiary/aromatic N) is 5. The molecule has 0 unspecified atom stereocenters. The van der Waals surface area contributed by atoms with Crippen molar-refractivity contribution < 1.29 is 9.53 Å². The molecule has 0 radical (unpaired) electrons. The number of likely N-dealkylation sites (tertiary alicyclic amines) is 1. The van der Waals surface area contributed by atoms with Crippen LogP contribution in [0.4, 0.5) is 0 Å². The van der Waals surface area contributed by atoms with Gasteiger partial charge in [0.1, 0.15) is 12.4 Å². The van der Waals surface area contributed by atoms with Crippen LogP contribution in [-0.4, -0.2) is 71.4 Å². The van der Waals surface area contributed by atoms with Crippen molar-refractivity contribution in [3.63, 3.8) is 0 Å². The van der Waals surface area contributed by atoms with E-state index in [1.54, 1.807) is 7.05 Å². The molecule has 0 spiro atoms. The molecule has 0 aromatic carbocycles. The van der Waals surface area contributed by atoms with Crippen LogP contribution in [-0.2, 0) is 23.1 Å². The van der Waals surface area contributed by atoms with Crippen molar-refractivity contribution in [3.8, 4) is 0 Å². The van der Waals surface area contributed by atoms with Gasteiger partial charge in [0, 0.05) is 53.4 Å². The zero-order valence-corrected chi connectivity index (χ0v) is 20.4. The van der Waals surface area contributed by atoms with Crippen LogP contribution in [0.25, 0.3) is 0 Å². The summed E-state index contributed by atoms with van der Waals surface area (Å²) in [5.74, 6) is 3.19. The van der Waals surface area contributed by atoms with Crippen LogP contribution in [0, 0.1) is 12.8 Å². The smallest absolute Gasteiger partial charge is 0.220 e. The lowest BCUT2D eigenvalue weighted by molar-refractivity contribution is -0.121. The van der Waals surface area contributed by atoms with Gasteiger partial charge in [0.05, 0.1) is 0 Å². The number of ether oxygens (including phenoxy) is 1. The van der Waals surface area contributed by atoms with Gasteiger partial charge in [-0.05, 0) is 39.0 Å². The summed E-state index contributed by atoms with van der Waals surface area (Å²) in [6.45, 7) is 8.53. The van der Waals surface area contributed by atoms with Crippen molar-refractivity contribution in [2.75, 3.05) is 39.9 Å². The first-order valence-electron chi connectivity index (χ1n) is 10.2. The summed E-state index contributed by atoms with van der Waals surface area (Å²) in [5, 5.41) is 14.5. The summed E-state index contributed by atoms with van der Waals surface area (Å²) < 4.78 is 7.38. The largest absolute Gasteiger partial charge is 0.382 e. The molecule has 2 rings (SSSR count). The van der Waals surface area contributed by atoms with Gasteiger partial charge in [-0.3, -0.25) is 4.79 Å². The molecule has 29 heavy (non-hydrogen) atoms. The van der Waals surface area contributed by atoms with Crippen LogP contribution in [0.5, 0.6) is 0 Å². The van der Waals surface area contributed by atoms with E-state index in [9.17, 15) is 4.79 Å². The molecule has 0 bridgehead atoms. The van der Waals surface area contributed by atoms with Crippen LogP contribution in [0.15, 0.2) is 4.99 Å². The molecule has 1 aromatic rings. The van der Waals surface area contributed by atoms with E-state index < -0.39 is 0 Å². The Bertz CT molecular complexity index is 643. The highest BCUT2D eigenvalue weighted by atomic mass is 127. The molecule has 1 saturated heterocycles. The lowest BCUT2D eigenvalue weighted by atomic mass is 9.93. The summed E-state index contributed by atoms with van der Waals surface area (Å²) in [6, 6.07) is 0. The van der Waals surface area contributed by atoms with Crippen molar-refractivity contribution >= 4 is 35.8 Å². The molecule has 2 N–H and O–H groups in total. The van der Waals surface area contributed by atoms with Crippen molar-refractivity contribution in [1.29, 1.82) is 0 Å². The first-order chi connectivity index (χ1) is 13.5. The number of carbonyl (C=O) groups excluding carboxylic acids is 1. The third-order valence-electron chi connectivity index (χ3n) is 5.17. The van der Waals surface area contributed by atoms with E-state index in [2.05, 4.69) is 25.7 Å². The lowest BCUT2D eigenvalue weighted by Crippen LogP contribution is -2.46. The number of aromatic nitrogens is 3. The Morgan fingerprint density at radius 3 is 2.62 bits per heavy atom. The van der Waals surface area contributed by atoms with Gasteiger partial charge in [-0.2, -0.15) is 0 Å². The normalized spacial score (nSPS) is 15.2. The molecule has 1 aliphatic heterocycles. The number of hydrogen-bond acceptors (Lipinski definition) is 5. The molecule has 2 heterocycles. The van der Waals surface area contributed by atoms with E-state index in [1.165, 1.54) is 0 Å². The molecule has 0 saturated carbocycles. The van der Waals surface area contributed by atoms with E-state index in [4.69, 9.17) is 9.73 Å². The molecule has 9 nitrogen and oxygen atoms in total. The molecule has 1 aromatic heterocycles. The number of carbonyl (C=O) groups is 1. The second-order valence-electron chi connectivity index (χ2n) is 7.15. The van der Waals surface area contributed by atoms with Crippen molar-refractivity contribution in [2.24, 2.45) is 18.0 Å². The number of aryl methyl sites for hydroxylation is 1. The highest BCUT2D eigenvalue weighted by Gasteiger charge is 2.23. The van der Waals surface area contributed by atoms with Crippen molar-refractivity contribution in [2.45, 2.75) is 46.1 Å². The Balaban J connectivity index is 0.00000420. The average Bonchev–Trinajstić information content (AvgIpc) is 3.03. The van der Waals surface area contributed by atoms with Crippen molar-refractivity contribution in [1.82, 2.24) is 30.3 Å². The molecule has 0 atom stereocenters. The number of hydrogen-bond donors (Lipinski definition) is 2. The molecule has 1 fully saturated rings. The molecule has 1 amide bonds. The van der Waals surface area contributed by atoms with Gasteiger partial charge in [0.2, 0.25) is 5.91 Å². The van der Waals surface area contributed by atoms with E-state index in [0.29, 0.717) is 18.9 Å². The maximum absolute atomic E-state index is 11.6. The summed E-state index contributed by atoms with van der Waals surface area (Å²) in [6.07, 6.45) is 3.53. The SMILES string of the molecule is CCOCCCNC(=NCc1nnc(C)n1C)N1CCC(CC(=O)NC)CC1.I. The number of halogens is 1. The first kappa shape index (κ1) is 25.6. The van der Waals surface area contributed by atoms with Crippen LogP contribution < -0.4 is 10.6 Å². The topological polar surface area (TPSA) is 96.7 Å². The van der Waals surface area contributed by atoms with Gasteiger partial charge in [-0.1, -0.05) is 0 Å². The van der Waals surface area contributed by atoms with Crippen LogP contribution in [0.1, 0.15) is 44.3 Å². The zero-order valence-electron chi connectivity index (χ0n) is 18.1. The highest BCUT2D eigenvalue weighted by Crippen LogP contribution is 2.20. The summed E-state index contributed by atoms with van der Waals surface area (Å²) in [7, 11) is 3.65. The molecule has 0 aliphatic carbocycles. The second-order valence-corrected chi connectivity index (χ2v) is 7.15. The fraction of sp³-hybridized carbons (Fsp3) is 0.789. The quantitative estimate of drug-likeness (QED) is 0.221.